The number of rotatable bonds is 4. The van der Waals surface area contributed by atoms with Crippen LogP contribution in [0.25, 0.3) is 10.9 Å². The Morgan fingerprint density at radius 2 is 2.04 bits per heavy atom. The molecule has 1 amide bonds. The van der Waals surface area contributed by atoms with Gasteiger partial charge in [0.15, 0.2) is 0 Å². The maximum atomic E-state index is 12.3. The monoisotopic (exact) mass is 310 g/mol. The Labute approximate surface area is 133 Å². The quantitative estimate of drug-likeness (QED) is 0.805. The van der Waals surface area contributed by atoms with Gasteiger partial charge in [0.1, 0.15) is 5.76 Å². The maximum absolute atomic E-state index is 12.3. The summed E-state index contributed by atoms with van der Waals surface area (Å²) in [5.74, 6) is 0.582. The predicted molar refractivity (Wildman–Crippen MR) is 87.9 cm³/mol. The molecule has 5 heteroatoms. The molecular weight excluding hydrogens is 292 g/mol. The van der Waals surface area contributed by atoms with E-state index in [-0.39, 0.29) is 18.0 Å². The van der Waals surface area contributed by atoms with Crippen molar-refractivity contribution in [2.24, 2.45) is 0 Å². The van der Waals surface area contributed by atoms with Gasteiger partial charge >= 0.3 is 0 Å². The zero-order valence-electron chi connectivity index (χ0n) is 13.1. The van der Waals surface area contributed by atoms with Gasteiger partial charge in [-0.1, -0.05) is 11.6 Å². The number of hydrogen-bond donors (Lipinski definition) is 1. The third-order valence-corrected chi connectivity index (χ3v) is 3.81. The van der Waals surface area contributed by atoms with E-state index in [2.05, 4.69) is 4.98 Å². The van der Waals surface area contributed by atoms with Crippen LogP contribution in [0.1, 0.15) is 23.8 Å². The van der Waals surface area contributed by atoms with Crippen molar-refractivity contribution in [3.05, 3.63) is 69.9 Å². The Balaban J connectivity index is 1.93. The van der Waals surface area contributed by atoms with Crippen LogP contribution < -0.4 is 5.56 Å². The second-order valence-corrected chi connectivity index (χ2v) is 5.67. The van der Waals surface area contributed by atoms with Gasteiger partial charge in [-0.15, -0.1) is 0 Å². The van der Waals surface area contributed by atoms with Crippen molar-refractivity contribution in [2.45, 2.75) is 26.9 Å². The molecule has 0 aliphatic rings. The lowest BCUT2D eigenvalue weighted by atomic mass is 10.1. The zero-order chi connectivity index (χ0) is 16.4. The predicted octanol–water partition coefficient (Wildman–Crippen LogP) is 2.98. The molecule has 0 unspecified atom stereocenters. The summed E-state index contributed by atoms with van der Waals surface area (Å²) < 4.78 is 5.29. The number of amides is 1. The molecule has 0 saturated heterocycles. The summed E-state index contributed by atoms with van der Waals surface area (Å²) in [6.45, 7) is 4.08. The number of pyridine rings is 1. The van der Waals surface area contributed by atoms with Crippen molar-refractivity contribution in [3.63, 3.8) is 0 Å². The van der Waals surface area contributed by atoms with E-state index in [4.69, 9.17) is 4.42 Å². The van der Waals surface area contributed by atoms with Crippen molar-refractivity contribution < 1.29 is 9.21 Å². The molecule has 0 spiro atoms. The molecule has 0 saturated carbocycles. The van der Waals surface area contributed by atoms with Crippen LogP contribution in [0.15, 0.2) is 51.9 Å². The third kappa shape index (κ3) is 3.34. The van der Waals surface area contributed by atoms with Gasteiger partial charge in [0.25, 0.3) is 5.56 Å². The Morgan fingerprint density at radius 3 is 2.74 bits per heavy atom. The van der Waals surface area contributed by atoms with Crippen LogP contribution in [0.5, 0.6) is 0 Å². The summed E-state index contributed by atoms with van der Waals surface area (Å²) in [6, 6.07) is 11.3. The van der Waals surface area contributed by atoms with Gasteiger partial charge in [0.05, 0.1) is 19.4 Å². The van der Waals surface area contributed by atoms with E-state index in [1.54, 1.807) is 17.2 Å². The molecule has 0 atom stereocenters. The number of furan rings is 1. The highest BCUT2D eigenvalue weighted by atomic mass is 16.3. The van der Waals surface area contributed by atoms with Crippen molar-refractivity contribution in [1.29, 1.82) is 0 Å². The standard InChI is InChI=1S/C18H18N2O3/c1-12-5-6-17-14(8-12)9-15(18(22)19-17)10-20(13(2)21)11-16-4-3-7-23-16/h3-9H,10-11H2,1-2H3,(H,19,22). The number of H-pyrrole nitrogens is 1. The minimum absolute atomic E-state index is 0.106. The fourth-order valence-corrected chi connectivity index (χ4v) is 2.56. The smallest absolute Gasteiger partial charge is 0.253 e. The number of aromatic nitrogens is 1. The number of carbonyl (C=O) groups excluding carboxylic acids is 1. The van der Waals surface area contributed by atoms with E-state index in [1.165, 1.54) is 6.92 Å². The van der Waals surface area contributed by atoms with E-state index < -0.39 is 0 Å². The summed E-state index contributed by atoms with van der Waals surface area (Å²) in [6.07, 6.45) is 1.57. The lowest BCUT2D eigenvalue weighted by molar-refractivity contribution is -0.130. The molecule has 0 fully saturated rings. The molecule has 118 valence electrons. The number of benzene rings is 1. The van der Waals surface area contributed by atoms with Gasteiger partial charge in [0.2, 0.25) is 5.91 Å². The van der Waals surface area contributed by atoms with Gasteiger partial charge in [-0.3, -0.25) is 9.59 Å². The summed E-state index contributed by atoms with van der Waals surface area (Å²) in [4.78, 5) is 28.6. The number of aryl methyl sites for hydroxylation is 1. The second-order valence-electron chi connectivity index (χ2n) is 5.67. The van der Waals surface area contributed by atoms with Gasteiger partial charge < -0.3 is 14.3 Å². The van der Waals surface area contributed by atoms with Gasteiger partial charge in [-0.05, 0) is 42.6 Å². The van der Waals surface area contributed by atoms with Crippen LogP contribution in [0.3, 0.4) is 0 Å². The summed E-state index contributed by atoms with van der Waals surface area (Å²) in [5, 5.41) is 0.959. The van der Waals surface area contributed by atoms with Crippen LogP contribution >= 0.6 is 0 Å². The number of carbonyl (C=O) groups is 1. The summed E-state index contributed by atoms with van der Waals surface area (Å²) >= 11 is 0. The molecule has 0 radical (unpaired) electrons. The molecule has 0 aliphatic carbocycles. The summed E-state index contributed by atoms with van der Waals surface area (Å²) in [5.41, 5.74) is 2.30. The van der Waals surface area contributed by atoms with Crippen LogP contribution in [0.2, 0.25) is 0 Å². The van der Waals surface area contributed by atoms with E-state index >= 15 is 0 Å². The first kappa shape index (κ1) is 15.1. The Morgan fingerprint density at radius 1 is 1.22 bits per heavy atom. The molecule has 0 aliphatic heterocycles. The number of nitrogens with zero attached hydrogens (tertiary/aromatic N) is 1. The number of hydrogen-bond acceptors (Lipinski definition) is 3. The van der Waals surface area contributed by atoms with Gasteiger partial charge in [-0.25, -0.2) is 0 Å². The second kappa shape index (κ2) is 6.12. The van der Waals surface area contributed by atoms with Crippen LogP contribution in [0.4, 0.5) is 0 Å². The highest BCUT2D eigenvalue weighted by Crippen LogP contribution is 2.15. The molecule has 1 N–H and O–H groups in total. The molecule has 0 bridgehead atoms. The minimum atomic E-state index is -0.174. The van der Waals surface area contributed by atoms with E-state index in [0.717, 1.165) is 16.5 Å². The Kier molecular flexibility index (Phi) is 4.02. The van der Waals surface area contributed by atoms with Gasteiger partial charge in [-0.2, -0.15) is 0 Å². The fourth-order valence-electron chi connectivity index (χ4n) is 2.56. The van der Waals surface area contributed by atoms with E-state index in [0.29, 0.717) is 17.9 Å². The maximum Gasteiger partial charge on any atom is 0.253 e. The lowest BCUT2D eigenvalue weighted by Crippen LogP contribution is -2.30. The largest absolute Gasteiger partial charge is 0.467 e. The molecule has 2 heterocycles. The van der Waals surface area contributed by atoms with E-state index in [1.807, 2.05) is 37.3 Å². The molecule has 23 heavy (non-hydrogen) atoms. The first-order valence-corrected chi connectivity index (χ1v) is 7.43. The van der Waals surface area contributed by atoms with Crippen molar-refractivity contribution in [3.8, 4) is 0 Å². The Hall–Kier alpha value is -2.82. The first-order valence-electron chi connectivity index (χ1n) is 7.43. The summed E-state index contributed by atoms with van der Waals surface area (Å²) in [7, 11) is 0. The highest BCUT2D eigenvalue weighted by molar-refractivity contribution is 5.80. The normalized spacial score (nSPS) is 10.9. The highest BCUT2D eigenvalue weighted by Gasteiger charge is 2.14. The van der Waals surface area contributed by atoms with E-state index in [9.17, 15) is 9.59 Å². The van der Waals surface area contributed by atoms with Crippen molar-refractivity contribution in [2.75, 3.05) is 0 Å². The minimum Gasteiger partial charge on any atom is -0.467 e. The molecule has 2 aromatic heterocycles. The lowest BCUT2D eigenvalue weighted by Gasteiger charge is -2.19. The Bertz CT molecular complexity index is 894. The molecule has 5 nitrogen and oxygen atoms in total. The molecular formula is C18H18N2O3. The van der Waals surface area contributed by atoms with Gasteiger partial charge in [0, 0.05) is 18.0 Å². The SMILES string of the molecule is CC(=O)N(Cc1ccco1)Cc1cc2cc(C)ccc2[nH]c1=O. The number of aromatic amines is 1. The first-order chi connectivity index (χ1) is 11.0. The average molecular weight is 310 g/mol. The third-order valence-electron chi connectivity index (χ3n) is 3.81. The number of nitrogens with one attached hydrogen (secondary N) is 1. The van der Waals surface area contributed by atoms with Crippen molar-refractivity contribution in [1.82, 2.24) is 9.88 Å². The average Bonchev–Trinajstić information content (AvgIpc) is 3.00. The zero-order valence-corrected chi connectivity index (χ0v) is 13.1. The van der Waals surface area contributed by atoms with Crippen molar-refractivity contribution >= 4 is 16.8 Å². The molecule has 1 aromatic carbocycles. The fraction of sp³-hybridized carbons (Fsp3) is 0.222. The van der Waals surface area contributed by atoms with Crippen LogP contribution in [-0.2, 0) is 17.9 Å². The molecule has 3 aromatic rings. The number of fused-ring (bicyclic) bond motifs is 1. The van der Waals surface area contributed by atoms with Crippen LogP contribution in [0, 0.1) is 6.92 Å². The molecule has 3 rings (SSSR count). The topological polar surface area (TPSA) is 66.3 Å². The van der Waals surface area contributed by atoms with Crippen LogP contribution in [-0.4, -0.2) is 15.8 Å².